The molecule has 0 spiro atoms. The molecule has 130 valence electrons. The molecule has 0 N–H and O–H groups in total. The largest absolute Gasteiger partial charge is 0.295 e. The van der Waals surface area contributed by atoms with Crippen LogP contribution in [0.1, 0.15) is 16.4 Å². The van der Waals surface area contributed by atoms with Gasteiger partial charge in [0, 0.05) is 50.7 Å². The molecule has 0 radical (unpaired) electrons. The lowest BCUT2D eigenvalue weighted by molar-refractivity contribution is 0.120. The number of rotatable bonds is 4. The van der Waals surface area contributed by atoms with Crippen LogP contribution in [0.15, 0.2) is 35.3 Å². The summed E-state index contributed by atoms with van der Waals surface area (Å²) in [7, 11) is 0. The fourth-order valence-corrected chi connectivity index (χ4v) is 4.03. The van der Waals surface area contributed by atoms with E-state index < -0.39 is 0 Å². The molecule has 7 nitrogen and oxygen atoms in total. The number of hydrogen-bond acceptors (Lipinski definition) is 7. The Morgan fingerprint density at radius 1 is 1.12 bits per heavy atom. The average molecular weight is 356 g/mol. The highest BCUT2D eigenvalue weighted by atomic mass is 32.1. The van der Waals surface area contributed by atoms with E-state index >= 15 is 0 Å². The Bertz CT molecular complexity index is 914. The molecule has 4 rings (SSSR count). The first-order chi connectivity index (χ1) is 12.2. The average Bonchev–Trinajstić information content (AvgIpc) is 3.00. The number of pyridine rings is 1. The van der Waals surface area contributed by atoms with Crippen molar-refractivity contribution in [2.24, 2.45) is 0 Å². The van der Waals surface area contributed by atoms with Gasteiger partial charge in [0.2, 0.25) is 4.96 Å². The van der Waals surface area contributed by atoms with Crippen LogP contribution < -0.4 is 5.56 Å². The molecule has 8 heteroatoms. The minimum atomic E-state index is -0.106. The molecule has 0 unspecified atom stereocenters. The zero-order valence-electron chi connectivity index (χ0n) is 14.1. The molecule has 1 aliphatic rings. The highest BCUT2D eigenvalue weighted by Gasteiger charge is 2.19. The molecule has 25 heavy (non-hydrogen) atoms. The first-order valence-electron chi connectivity index (χ1n) is 8.38. The maximum atomic E-state index is 12.0. The lowest BCUT2D eigenvalue weighted by Gasteiger charge is -2.33. The van der Waals surface area contributed by atoms with Crippen molar-refractivity contribution in [3.8, 4) is 0 Å². The Kier molecular flexibility index (Phi) is 4.56. The van der Waals surface area contributed by atoms with Crippen LogP contribution in [-0.4, -0.2) is 55.6 Å². The second-order valence-electron chi connectivity index (χ2n) is 6.30. The minimum absolute atomic E-state index is 0.106. The summed E-state index contributed by atoms with van der Waals surface area (Å²) in [5.74, 6) is 0. The number of fused-ring (bicyclic) bond motifs is 1. The maximum Gasteiger partial charge on any atom is 0.275 e. The van der Waals surface area contributed by atoms with E-state index in [0.717, 1.165) is 55.7 Å². The molecule has 3 aromatic heterocycles. The topological polar surface area (TPSA) is 66.6 Å². The summed E-state index contributed by atoms with van der Waals surface area (Å²) >= 11 is 1.50. The Morgan fingerprint density at radius 3 is 2.60 bits per heavy atom. The SMILES string of the molecule is Cc1cc(=O)n2nc(CN3CCN(Cc4ccccn4)CC3)sc2n1. The predicted octanol–water partition coefficient (Wildman–Crippen LogP) is 1.17. The summed E-state index contributed by atoms with van der Waals surface area (Å²) < 4.78 is 1.41. The Morgan fingerprint density at radius 2 is 1.88 bits per heavy atom. The highest BCUT2D eigenvalue weighted by Crippen LogP contribution is 2.15. The number of piperazine rings is 1. The summed E-state index contributed by atoms with van der Waals surface area (Å²) in [5, 5.41) is 5.37. The Labute approximate surface area is 149 Å². The van der Waals surface area contributed by atoms with E-state index in [9.17, 15) is 4.79 Å². The molecule has 1 aliphatic heterocycles. The third-order valence-electron chi connectivity index (χ3n) is 4.35. The van der Waals surface area contributed by atoms with E-state index in [4.69, 9.17) is 0 Å². The van der Waals surface area contributed by atoms with E-state index in [1.807, 2.05) is 25.3 Å². The maximum absolute atomic E-state index is 12.0. The van der Waals surface area contributed by atoms with Gasteiger partial charge in [-0.25, -0.2) is 4.98 Å². The summed E-state index contributed by atoms with van der Waals surface area (Å²) in [4.78, 5) is 26.2. The van der Waals surface area contributed by atoms with Gasteiger partial charge < -0.3 is 0 Å². The fourth-order valence-electron chi connectivity index (χ4n) is 3.04. The molecule has 4 heterocycles. The zero-order valence-corrected chi connectivity index (χ0v) is 14.9. The van der Waals surface area contributed by atoms with Crippen LogP contribution in [0.5, 0.6) is 0 Å². The van der Waals surface area contributed by atoms with Crippen LogP contribution in [0.4, 0.5) is 0 Å². The molecule has 1 fully saturated rings. The molecular formula is C17H20N6OS. The summed E-state index contributed by atoms with van der Waals surface area (Å²) in [6.45, 7) is 7.51. The van der Waals surface area contributed by atoms with Gasteiger partial charge in [0.25, 0.3) is 5.56 Å². The third kappa shape index (κ3) is 3.76. The van der Waals surface area contributed by atoms with Crippen LogP contribution >= 0.6 is 11.3 Å². The van der Waals surface area contributed by atoms with Crippen molar-refractivity contribution in [1.82, 2.24) is 29.4 Å². The molecule has 0 aromatic carbocycles. The van der Waals surface area contributed by atoms with E-state index in [1.54, 1.807) is 0 Å². The van der Waals surface area contributed by atoms with Crippen LogP contribution in [0.2, 0.25) is 0 Å². The second kappa shape index (κ2) is 6.99. The van der Waals surface area contributed by atoms with Crippen molar-refractivity contribution in [3.05, 3.63) is 57.2 Å². The minimum Gasteiger partial charge on any atom is -0.295 e. The van der Waals surface area contributed by atoms with Crippen LogP contribution in [0.3, 0.4) is 0 Å². The summed E-state index contributed by atoms with van der Waals surface area (Å²) in [6.07, 6.45) is 1.84. The first-order valence-corrected chi connectivity index (χ1v) is 9.20. The van der Waals surface area contributed by atoms with Crippen LogP contribution in [-0.2, 0) is 13.1 Å². The van der Waals surface area contributed by atoms with Crippen LogP contribution in [0.25, 0.3) is 4.96 Å². The van der Waals surface area contributed by atoms with Crippen molar-refractivity contribution >= 4 is 16.3 Å². The number of aryl methyl sites for hydroxylation is 1. The van der Waals surface area contributed by atoms with E-state index in [1.165, 1.54) is 21.9 Å². The molecular weight excluding hydrogens is 336 g/mol. The van der Waals surface area contributed by atoms with Gasteiger partial charge in [-0.05, 0) is 19.1 Å². The molecule has 0 aliphatic carbocycles. The highest BCUT2D eigenvalue weighted by molar-refractivity contribution is 7.16. The van der Waals surface area contributed by atoms with E-state index in [2.05, 4.69) is 30.9 Å². The molecule has 0 amide bonds. The van der Waals surface area contributed by atoms with Gasteiger partial charge in [0.05, 0.1) is 12.2 Å². The van der Waals surface area contributed by atoms with Crippen molar-refractivity contribution in [1.29, 1.82) is 0 Å². The van der Waals surface area contributed by atoms with E-state index in [-0.39, 0.29) is 5.56 Å². The van der Waals surface area contributed by atoms with Gasteiger partial charge in [-0.3, -0.25) is 19.6 Å². The Balaban J connectivity index is 1.37. The van der Waals surface area contributed by atoms with E-state index in [0.29, 0.717) is 4.96 Å². The van der Waals surface area contributed by atoms with Gasteiger partial charge in [-0.15, -0.1) is 0 Å². The molecule has 0 atom stereocenters. The Hall–Kier alpha value is -2.16. The molecule has 3 aromatic rings. The summed E-state index contributed by atoms with van der Waals surface area (Å²) in [5.41, 5.74) is 1.75. The predicted molar refractivity (Wildman–Crippen MR) is 96.7 cm³/mol. The molecule has 1 saturated heterocycles. The normalized spacial score (nSPS) is 16.5. The number of nitrogens with zero attached hydrogens (tertiary/aromatic N) is 6. The molecule has 0 bridgehead atoms. The smallest absolute Gasteiger partial charge is 0.275 e. The van der Waals surface area contributed by atoms with Gasteiger partial charge in [-0.2, -0.15) is 9.61 Å². The van der Waals surface area contributed by atoms with Crippen LogP contribution in [0, 0.1) is 6.92 Å². The number of hydrogen-bond donors (Lipinski definition) is 0. The second-order valence-corrected chi connectivity index (χ2v) is 7.34. The molecule has 0 saturated carbocycles. The zero-order chi connectivity index (χ0) is 17.2. The van der Waals surface area contributed by atoms with Crippen molar-refractivity contribution < 1.29 is 0 Å². The lowest BCUT2D eigenvalue weighted by atomic mass is 10.2. The fraction of sp³-hybridized carbons (Fsp3) is 0.412. The lowest BCUT2D eigenvalue weighted by Crippen LogP contribution is -2.45. The standard InChI is InChI=1S/C17H20N6OS/c1-13-10-16(24)23-17(19-13)25-15(20-23)12-22-8-6-21(7-9-22)11-14-4-2-3-5-18-14/h2-5,10H,6-9,11-12H2,1H3. The number of aromatic nitrogens is 4. The first kappa shape index (κ1) is 16.3. The van der Waals surface area contributed by atoms with Crippen molar-refractivity contribution in [3.63, 3.8) is 0 Å². The monoisotopic (exact) mass is 356 g/mol. The van der Waals surface area contributed by atoms with Crippen molar-refractivity contribution in [2.75, 3.05) is 26.2 Å². The third-order valence-corrected chi connectivity index (χ3v) is 5.24. The quantitative estimate of drug-likeness (QED) is 0.699. The van der Waals surface area contributed by atoms with Gasteiger partial charge >= 0.3 is 0 Å². The summed E-state index contributed by atoms with van der Waals surface area (Å²) in [6, 6.07) is 7.57. The van der Waals surface area contributed by atoms with Gasteiger partial charge in [0.15, 0.2) is 0 Å². The van der Waals surface area contributed by atoms with Crippen molar-refractivity contribution in [2.45, 2.75) is 20.0 Å². The van der Waals surface area contributed by atoms with Gasteiger partial charge in [-0.1, -0.05) is 17.4 Å². The van der Waals surface area contributed by atoms with Gasteiger partial charge in [0.1, 0.15) is 5.01 Å².